The second-order valence-electron chi connectivity index (χ2n) is 10.2. The maximum Gasteiger partial charge on any atom is 0.165 e. The van der Waals surface area contributed by atoms with Crippen LogP contribution in [0.2, 0.25) is 0 Å². The van der Waals surface area contributed by atoms with Gasteiger partial charge in [-0.15, -0.1) is 0 Å². The Kier molecular flexibility index (Phi) is 9.00. The van der Waals surface area contributed by atoms with Crippen LogP contribution in [0, 0.1) is 0 Å². The Balaban J connectivity index is 1.24. The molecule has 0 amide bonds. The Labute approximate surface area is 220 Å². The van der Waals surface area contributed by atoms with E-state index in [4.69, 9.17) is 14.7 Å². The van der Waals surface area contributed by atoms with Gasteiger partial charge in [-0.3, -0.25) is 0 Å². The molecule has 8 heteroatoms. The van der Waals surface area contributed by atoms with Crippen molar-refractivity contribution in [2.75, 3.05) is 31.2 Å². The highest BCUT2D eigenvalue weighted by Crippen LogP contribution is 2.24. The van der Waals surface area contributed by atoms with Crippen molar-refractivity contribution in [3.05, 3.63) is 42.7 Å². The number of fused-ring (bicyclic) bond motifs is 2. The summed E-state index contributed by atoms with van der Waals surface area (Å²) in [5, 5.41) is 0. The molecule has 3 aromatic heterocycles. The molecule has 1 aliphatic rings. The number of unbranched alkanes of at least 4 members (excludes halogenated alkanes) is 9. The van der Waals surface area contributed by atoms with Crippen molar-refractivity contribution in [2.24, 2.45) is 0 Å². The standard InChI is InChI=1S/C29H41N7O/c1-2-3-4-5-6-7-8-9-10-13-16-36-25-15-12-11-14-24(25)33-26(36)21-35-23-32-27-28(30-22-31-29(27)35)34-17-19-37-20-18-34/h11-12,14-15,22-23H,2-10,13,16-21H2,1H3. The lowest BCUT2D eigenvalue weighted by atomic mass is 10.1. The quantitative estimate of drug-likeness (QED) is 0.197. The van der Waals surface area contributed by atoms with Crippen molar-refractivity contribution in [1.82, 2.24) is 29.1 Å². The number of imidazole rings is 2. The number of benzene rings is 1. The third kappa shape index (κ3) is 6.29. The van der Waals surface area contributed by atoms with E-state index in [9.17, 15) is 0 Å². The fourth-order valence-corrected chi connectivity index (χ4v) is 5.40. The minimum Gasteiger partial charge on any atom is -0.378 e. The summed E-state index contributed by atoms with van der Waals surface area (Å²) in [6.07, 6.45) is 17.0. The Hall–Kier alpha value is -3.00. The Morgan fingerprint density at radius 2 is 1.57 bits per heavy atom. The average molecular weight is 504 g/mol. The number of aromatic nitrogens is 6. The number of para-hydroxylation sites is 2. The fraction of sp³-hybridized carbons (Fsp3) is 0.586. The van der Waals surface area contributed by atoms with Crippen LogP contribution in [-0.2, 0) is 17.8 Å². The highest BCUT2D eigenvalue weighted by atomic mass is 16.5. The molecule has 0 aliphatic carbocycles. The van der Waals surface area contributed by atoms with E-state index in [2.05, 4.69) is 55.2 Å². The lowest BCUT2D eigenvalue weighted by molar-refractivity contribution is 0.122. The first-order valence-electron chi connectivity index (χ1n) is 14.3. The predicted molar refractivity (Wildman–Crippen MR) is 149 cm³/mol. The van der Waals surface area contributed by atoms with Crippen LogP contribution in [0.3, 0.4) is 0 Å². The van der Waals surface area contributed by atoms with Crippen molar-refractivity contribution in [3.8, 4) is 0 Å². The van der Waals surface area contributed by atoms with Crippen LogP contribution < -0.4 is 4.90 Å². The minimum atomic E-state index is 0.641. The van der Waals surface area contributed by atoms with Gasteiger partial charge in [-0.2, -0.15) is 0 Å². The number of aryl methyl sites for hydroxylation is 1. The summed E-state index contributed by atoms with van der Waals surface area (Å²) in [5.74, 6) is 1.95. The SMILES string of the molecule is CCCCCCCCCCCCn1c(Cn2cnc3c(N4CCOCC4)ncnc32)nc2ccccc21. The Morgan fingerprint density at radius 1 is 0.838 bits per heavy atom. The van der Waals surface area contributed by atoms with E-state index in [1.165, 1.54) is 69.7 Å². The summed E-state index contributed by atoms with van der Waals surface area (Å²) in [4.78, 5) is 21.1. The highest BCUT2D eigenvalue weighted by Gasteiger charge is 2.19. The lowest BCUT2D eigenvalue weighted by Crippen LogP contribution is -2.36. The first-order chi connectivity index (χ1) is 18.3. The van der Waals surface area contributed by atoms with Crippen LogP contribution in [0.4, 0.5) is 5.82 Å². The Bertz CT molecular complexity index is 1260. The molecule has 0 N–H and O–H groups in total. The van der Waals surface area contributed by atoms with Gasteiger partial charge in [-0.1, -0.05) is 76.8 Å². The zero-order chi connectivity index (χ0) is 25.3. The molecule has 1 fully saturated rings. The molecule has 37 heavy (non-hydrogen) atoms. The number of ether oxygens (including phenoxy) is 1. The summed E-state index contributed by atoms with van der Waals surface area (Å²) in [5.41, 5.74) is 3.97. The molecule has 0 spiro atoms. The van der Waals surface area contributed by atoms with Gasteiger partial charge in [-0.25, -0.2) is 19.9 Å². The predicted octanol–water partition coefficient (Wildman–Crippen LogP) is 5.98. The molecule has 0 radical (unpaired) electrons. The molecule has 0 bridgehead atoms. The van der Waals surface area contributed by atoms with Crippen LogP contribution in [0.15, 0.2) is 36.9 Å². The molecular weight excluding hydrogens is 462 g/mol. The third-order valence-corrected chi connectivity index (χ3v) is 7.47. The molecule has 1 aromatic carbocycles. The monoisotopic (exact) mass is 503 g/mol. The lowest BCUT2D eigenvalue weighted by Gasteiger charge is -2.27. The summed E-state index contributed by atoms with van der Waals surface area (Å²) in [6, 6.07) is 8.47. The van der Waals surface area contributed by atoms with E-state index >= 15 is 0 Å². The van der Waals surface area contributed by atoms with Gasteiger partial charge in [0.25, 0.3) is 0 Å². The molecule has 4 heterocycles. The molecule has 1 saturated heterocycles. The van der Waals surface area contributed by atoms with Gasteiger partial charge in [0.1, 0.15) is 12.2 Å². The number of morpholine rings is 1. The summed E-state index contributed by atoms with van der Waals surface area (Å²) in [6.45, 7) is 7.00. The molecular formula is C29H41N7O. The van der Waals surface area contributed by atoms with Gasteiger partial charge >= 0.3 is 0 Å². The fourth-order valence-electron chi connectivity index (χ4n) is 5.40. The van der Waals surface area contributed by atoms with Gasteiger partial charge in [-0.05, 0) is 18.6 Å². The summed E-state index contributed by atoms with van der Waals surface area (Å²) < 4.78 is 10.0. The van der Waals surface area contributed by atoms with Gasteiger partial charge in [0, 0.05) is 19.6 Å². The van der Waals surface area contributed by atoms with Crippen LogP contribution in [0.25, 0.3) is 22.2 Å². The largest absolute Gasteiger partial charge is 0.378 e. The summed E-state index contributed by atoms with van der Waals surface area (Å²) in [7, 11) is 0. The van der Waals surface area contributed by atoms with E-state index in [0.717, 1.165) is 61.2 Å². The van der Waals surface area contributed by atoms with Gasteiger partial charge in [0.15, 0.2) is 17.0 Å². The van der Waals surface area contributed by atoms with E-state index in [1.54, 1.807) is 6.33 Å². The van der Waals surface area contributed by atoms with Gasteiger partial charge < -0.3 is 18.8 Å². The van der Waals surface area contributed by atoms with E-state index < -0.39 is 0 Å². The molecule has 0 atom stereocenters. The first kappa shape index (κ1) is 25.6. The van der Waals surface area contributed by atoms with Crippen molar-refractivity contribution in [1.29, 1.82) is 0 Å². The normalized spacial score (nSPS) is 14.2. The van der Waals surface area contributed by atoms with E-state index in [-0.39, 0.29) is 0 Å². The van der Waals surface area contributed by atoms with Gasteiger partial charge in [0.05, 0.1) is 37.1 Å². The molecule has 4 aromatic rings. The van der Waals surface area contributed by atoms with Gasteiger partial charge in [0.2, 0.25) is 0 Å². The van der Waals surface area contributed by atoms with Crippen molar-refractivity contribution < 1.29 is 4.74 Å². The number of anilines is 1. The Morgan fingerprint density at radius 3 is 2.35 bits per heavy atom. The first-order valence-corrected chi connectivity index (χ1v) is 14.3. The number of rotatable bonds is 14. The molecule has 0 unspecified atom stereocenters. The molecule has 198 valence electrons. The smallest absolute Gasteiger partial charge is 0.165 e. The third-order valence-electron chi connectivity index (χ3n) is 7.47. The second-order valence-corrected chi connectivity index (χ2v) is 10.2. The van der Waals surface area contributed by atoms with Crippen LogP contribution in [0.1, 0.15) is 77.0 Å². The van der Waals surface area contributed by atoms with Crippen molar-refractivity contribution in [3.63, 3.8) is 0 Å². The minimum absolute atomic E-state index is 0.641. The van der Waals surface area contributed by atoms with Crippen LogP contribution >= 0.6 is 0 Å². The topological polar surface area (TPSA) is 73.9 Å². The number of hydrogen-bond acceptors (Lipinski definition) is 6. The zero-order valence-corrected chi connectivity index (χ0v) is 22.3. The highest BCUT2D eigenvalue weighted by molar-refractivity contribution is 5.83. The summed E-state index contributed by atoms with van der Waals surface area (Å²) >= 11 is 0. The number of hydrogen-bond donors (Lipinski definition) is 0. The maximum absolute atomic E-state index is 5.52. The average Bonchev–Trinajstić information content (AvgIpc) is 3.51. The number of nitrogens with zero attached hydrogens (tertiary/aromatic N) is 7. The zero-order valence-electron chi connectivity index (χ0n) is 22.3. The molecule has 8 nitrogen and oxygen atoms in total. The second kappa shape index (κ2) is 13.0. The van der Waals surface area contributed by atoms with E-state index in [1.807, 2.05) is 6.33 Å². The maximum atomic E-state index is 5.52. The van der Waals surface area contributed by atoms with Crippen LogP contribution in [0.5, 0.6) is 0 Å². The van der Waals surface area contributed by atoms with Crippen molar-refractivity contribution in [2.45, 2.75) is 84.2 Å². The van der Waals surface area contributed by atoms with Crippen LogP contribution in [-0.4, -0.2) is 55.4 Å². The molecule has 1 aliphatic heterocycles. The van der Waals surface area contributed by atoms with E-state index in [0.29, 0.717) is 6.54 Å². The van der Waals surface area contributed by atoms with Crippen molar-refractivity contribution >= 4 is 28.0 Å². The molecule has 0 saturated carbocycles. The molecule has 5 rings (SSSR count).